The van der Waals surface area contributed by atoms with Crippen LogP contribution in [-0.4, -0.2) is 24.3 Å². The summed E-state index contributed by atoms with van der Waals surface area (Å²) < 4.78 is 5.15. The fourth-order valence-electron chi connectivity index (χ4n) is 2.42. The van der Waals surface area contributed by atoms with Gasteiger partial charge in [-0.1, -0.05) is 51.1 Å². The fourth-order valence-corrected chi connectivity index (χ4v) is 2.42. The number of benzene rings is 1. The molecular weight excluding hydrogens is 264 g/mol. The summed E-state index contributed by atoms with van der Waals surface area (Å²) in [7, 11) is 0. The highest BCUT2D eigenvalue weighted by Crippen LogP contribution is 2.46. The number of aliphatic hydroxyl groups is 1. The van der Waals surface area contributed by atoms with Gasteiger partial charge in [0.15, 0.2) is 0 Å². The van der Waals surface area contributed by atoms with E-state index in [1.807, 2.05) is 32.0 Å². The lowest BCUT2D eigenvalue weighted by atomic mass is 9.60. The zero-order valence-electron chi connectivity index (χ0n) is 13.8. The highest BCUT2D eigenvalue weighted by atomic mass is 16.5. The van der Waals surface area contributed by atoms with E-state index in [-0.39, 0.29) is 24.6 Å². The van der Waals surface area contributed by atoms with Gasteiger partial charge in [-0.3, -0.25) is 4.79 Å². The topological polar surface area (TPSA) is 46.5 Å². The van der Waals surface area contributed by atoms with Crippen LogP contribution in [0, 0.1) is 16.7 Å². The van der Waals surface area contributed by atoms with Crippen molar-refractivity contribution in [3.05, 3.63) is 35.9 Å². The van der Waals surface area contributed by atoms with Crippen molar-refractivity contribution in [2.75, 3.05) is 13.2 Å². The van der Waals surface area contributed by atoms with Gasteiger partial charge >= 0.3 is 5.97 Å². The van der Waals surface area contributed by atoms with Crippen LogP contribution in [0.1, 0.15) is 40.2 Å². The average Bonchev–Trinajstić information content (AvgIpc) is 2.45. The largest absolute Gasteiger partial charge is 0.463 e. The minimum absolute atomic E-state index is 0.0609. The number of aliphatic hydroxyl groups excluding tert-OH is 1. The molecule has 0 radical (unpaired) electrons. The summed E-state index contributed by atoms with van der Waals surface area (Å²) in [5.74, 6) is 0.0676. The second-order valence-corrected chi connectivity index (χ2v) is 6.80. The van der Waals surface area contributed by atoms with Gasteiger partial charge in [0, 0.05) is 0 Å². The van der Waals surface area contributed by atoms with Crippen LogP contribution in [0.25, 0.3) is 0 Å². The van der Waals surface area contributed by atoms with Crippen molar-refractivity contribution in [2.24, 2.45) is 16.7 Å². The number of ether oxygens (including phenoxy) is 1. The third-order valence-corrected chi connectivity index (χ3v) is 5.06. The standard InChI is InChI=1S/C18H28O3/c1-14(13-15-9-7-6-8-10-15)17(2,3)18(4,5)16(20)21-12-11-19/h6-10,14,19H,11-13H2,1-5H3. The zero-order chi connectivity index (χ0) is 16.1. The van der Waals surface area contributed by atoms with Crippen LogP contribution < -0.4 is 0 Å². The molecule has 0 saturated carbocycles. The average molecular weight is 292 g/mol. The van der Waals surface area contributed by atoms with Gasteiger partial charge in [0.25, 0.3) is 0 Å². The van der Waals surface area contributed by atoms with Gasteiger partial charge in [0.1, 0.15) is 6.61 Å². The number of carbonyl (C=O) groups excluding carboxylic acids is 1. The normalized spacial score (nSPS) is 13.8. The Morgan fingerprint density at radius 2 is 1.76 bits per heavy atom. The molecule has 118 valence electrons. The first-order chi connectivity index (χ1) is 9.73. The van der Waals surface area contributed by atoms with Crippen LogP contribution in [-0.2, 0) is 16.0 Å². The molecule has 0 aliphatic heterocycles. The minimum Gasteiger partial charge on any atom is -0.463 e. The first-order valence-corrected chi connectivity index (χ1v) is 7.55. The monoisotopic (exact) mass is 292 g/mol. The van der Waals surface area contributed by atoms with Crippen molar-refractivity contribution >= 4 is 5.97 Å². The lowest BCUT2D eigenvalue weighted by Crippen LogP contribution is -2.45. The van der Waals surface area contributed by atoms with Crippen LogP contribution in [0.3, 0.4) is 0 Å². The predicted octanol–water partition coefficient (Wildman–Crippen LogP) is 3.45. The lowest BCUT2D eigenvalue weighted by molar-refractivity contribution is -0.164. The van der Waals surface area contributed by atoms with Crippen LogP contribution in [0.4, 0.5) is 0 Å². The molecule has 0 bridgehead atoms. The Hall–Kier alpha value is -1.35. The Morgan fingerprint density at radius 3 is 2.29 bits per heavy atom. The number of esters is 1. The second-order valence-electron chi connectivity index (χ2n) is 6.80. The molecule has 0 heterocycles. The van der Waals surface area contributed by atoms with Crippen molar-refractivity contribution in [3.63, 3.8) is 0 Å². The Kier molecular flexibility index (Phi) is 5.97. The zero-order valence-corrected chi connectivity index (χ0v) is 13.8. The van der Waals surface area contributed by atoms with E-state index in [0.29, 0.717) is 5.92 Å². The highest BCUT2D eigenvalue weighted by Gasteiger charge is 2.47. The van der Waals surface area contributed by atoms with Gasteiger partial charge in [-0.15, -0.1) is 0 Å². The summed E-state index contributed by atoms with van der Waals surface area (Å²) in [6, 6.07) is 10.3. The van der Waals surface area contributed by atoms with E-state index in [9.17, 15) is 4.79 Å². The quantitative estimate of drug-likeness (QED) is 0.783. The molecule has 3 nitrogen and oxygen atoms in total. The highest BCUT2D eigenvalue weighted by molar-refractivity contribution is 5.77. The third-order valence-electron chi connectivity index (χ3n) is 5.06. The molecule has 0 amide bonds. The van der Waals surface area contributed by atoms with Gasteiger partial charge < -0.3 is 9.84 Å². The van der Waals surface area contributed by atoms with Crippen molar-refractivity contribution in [1.82, 2.24) is 0 Å². The Bertz CT molecular complexity index is 449. The maximum atomic E-state index is 12.3. The molecule has 0 saturated heterocycles. The molecular formula is C18H28O3. The van der Waals surface area contributed by atoms with Crippen molar-refractivity contribution < 1.29 is 14.6 Å². The Morgan fingerprint density at radius 1 is 1.19 bits per heavy atom. The summed E-state index contributed by atoms with van der Waals surface area (Å²) >= 11 is 0. The van der Waals surface area contributed by atoms with Crippen LogP contribution in [0.2, 0.25) is 0 Å². The molecule has 1 atom stereocenters. The summed E-state index contributed by atoms with van der Waals surface area (Å²) in [4.78, 5) is 12.3. The van der Waals surface area contributed by atoms with Gasteiger partial charge in [-0.25, -0.2) is 0 Å². The number of carbonyl (C=O) groups is 1. The SMILES string of the molecule is CC(Cc1ccccc1)C(C)(C)C(C)(C)C(=O)OCCO. The second kappa shape index (κ2) is 7.08. The first-order valence-electron chi connectivity index (χ1n) is 7.55. The van der Waals surface area contributed by atoms with Crippen molar-refractivity contribution in [2.45, 2.75) is 41.0 Å². The summed E-state index contributed by atoms with van der Waals surface area (Å²) in [5.41, 5.74) is 0.434. The molecule has 0 aromatic heterocycles. The van der Waals surface area contributed by atoms with E-state index >= 15 is 0 Å². The van der Waals surface area contributed by atoms with Crippen molar-refractivity contribution in [1.29, 1.82) is 0 Å². The molecule has 1 rings (SSSR count). The van der Waals surface area contributed by atoms with E-state index in [2.05, 4.69) is 32.9 Å². The summed E-state index contributed by atoms with van der Waals surface area (Å²) in [5, 5.41) is 8.81. The fraction of sp³-hybridized carbons (Fsp3) is 0.611. The molecule has 21 heavy (non-hydrogen) atoms. The summed E-state index contributed by atoms with van der Waals surface area (Å²) in [6.07, 6.45) is 0.921. The van der Waals surface area contributed by atoms with Gasteiger partial charge in [-0.2, -0.15) is 0 Å². The van der Waals surface area contributed by atoms with Crippen molar-refractivity contribution in [3.8, 4) is 0 Å². The molecule has 0 aliphatic carbocycles. The van der Waals surface area contributed by atoms with Gasteiger partial charge in [0.05, 0.1) is 12.0 Å². The Balaban J connectivity index is 2.84. The minimum atomic E-state index is -0.615. The smallest absolute Gasteiger partial charge is 0.312 e. The Labute approximate surface area is 128 Å². The van der Waals surface area contributed by atoms with E-state index in [4.69, 9.17) is 9.84 Å². The molecule has 1 N–H and O–H groups in total. The number of hydrogen-bond acceptors (Lipinski definition) is 3. The van der Waals surface area contributed by atoms with Crippen LogP contribution >= 0.6 is 0 Å². The van der Waals surface area contributed by atoms with Gasteiger partial charge in [-0.05, 0) is 37.2 Å². The van der Waals surface area contributed by atoms with E-state index in [1.165, 1.54) is 5.56 Å². The maximum absolute atomic E-state index is 12.3. The van der Waals surface area contributed by atoms with Gasteiger partial charge in [0.2, 0.25) is 0 Å². The number of rotatable bonds is 7. The molecule has 1 unspecified atom stereocenters. The van der Waals surface area contributed by atoms with Crippen LogP contribution in [0.15, 0.2) is 30.3 Å². The summed E-state index contributed by atoms with van der Waals surface area (Å²) in [6.45, 7) is 10.2. The molecule has 0 fully saturated rings. The lowest BCUT2D eigenvalue weighted by Gasteiger charge is -2.44. The maximum Gasteiger partial charge on any atom is 0.312 e. The number of hydrogen-bond donors (Lipinski definition) is 1. The van der Waals surface area contributed by atoms with E-state index < -0.39 is 5.41 Å². The molecule has 0 aliphatic rings. The van der Waals surface area contributed by atoms with E-state index in [0.717, 1.165) is 6.42 Å². The molecule has 1 aromatic rings. The molecule has 3 heteroatoms. The first kappa shape index (κ1) is 17.7. The molecule has 0 spiro atoms. The third kappa shape index (κ3) is 4.07. The van der Waals surface area contributed by atoms with Crippen LogP contribution in [0.5, 0.6) is 0 Å². The molecule has 1 aromatic carbocycles. The van der Waals surface area contributed by atoms with E-state index in [1.54, 1.807) is 0 Å². The predicted molar refractivity (Wildman–Crippen MR) is 84.9 cm³/mol.